The summed E-state index contributed by atoms with van der Waals surface area (Å²) in [6, 6.07) is 9.99. The van der Waals surface area contributed by atoms with E-state index in [2.05, 4.69) is 20.4 Å². The van der Waals surface area contributed by atoms with Gasteiger partial charge in [-0.25, -0.2) is 0 Å². The maximum atomic E-state index is 4.48. The van der Waals surface area contributed by atoms with Crippen LogP contribution in [-0.2, 0) is 6.54 Å². The van der Waals surface area contributed by atoms with E-state index in [0.29, 0.717) is 0 Å². The molecule has 0 bridgehead atoms. The third-order valence-corrected chi connectivity index (χ3v) is 3.64. The van der Waals surface area contributed by atoms with Gasteiger partial charge in [-0.1, -0.05) is 18.2 Å². The average molecular weight is 271 g/mol. The zero-order valence-electron chi connectivity index (χ0n) is 11.7. The fourth-order valence-electron chi connectivity index (χ4n) is 2.52. The Kier molecular flexibility index (Phi) is 4.40. The van der Waals surface area contributed by atoms with E-state index in [4.69, 9.17) is 0 Å². The molecule has 1 N–H and O–H groups in total. The van der Waals surface area contributed by atoms with Crippen molar-refractivity contribution in [1.82, 2.24) is 25.2 Å². The van der Waals surface area contributed by atoms with Gasteiger partial charge in [0.05, 0.1) is 17.6 Å². The first-order valence-corrected chi connectivity index (χ1v) is 7.31. The van der Waals surface area contributed by atoms with Gasteiger partial charge in [0.1, 0.15) is 0 Å². The molecule has 5 nitrogen and oxygen atoms in total. The summed E-state index contributed by atoms with van der Waals surface area (Å²) in [5.41, 5.74) is 1.98. The Bertz CT molecular complexity index is 516. The van der Waals surface area contributed by atoms with Gasteiger partial charge in [-0.15, -0.1) is 0 Å². The lowest BCUT2D eigenvalue weighted by atomic mass is 10.3. The summed E-state index contributed by atoms with van der Waals surface area (Å²) in [6.45, 7) is 5.43. The molecule has 1 fully saturated rings. The number of nitrogens with one attached hydrogen (secondary N) is 1. The van der Waals surface area contributed by atoms with Crippen LogP contribution in [0.15, 0.2) is 36.5 Å². The van der Waals surface area contributed by atoms with Crippen LogP contribution in [0, 0.1) is 0 Å². The molecule has 1 aliphatic heterocycles. The van der Waals surface area contributed by atoms with Crippen LogP contribution < -0.4 is 5.32 Å². The van der Waals surface area contributed by atoms with E-state index in [-0.39, 0.29) is 0 Å². The Balaban J connectivity index is 1.45. The van der Waals surface area contributed by atoms with Gasteiger partial charge in [-0.2, -0.15) is 15.0 Å². The standard InChI is InChI=1S/C15H21N5/c1-2-6-15(7-3-1)20-17-13-14(18-20)12-16-8-11-19-9-4-5-10-19/h1-3,6-7,13,16H,4-5,8-12H2. The summed E-state index contributed by atoms with van der Waals surface area (Å²) < 4.78 is 0. The molecule has 0 unspecified atom stereocenters. The number of aromatic nitrogens is 3. The molecule has 0 amide bonds. The third-order valence-electron chi connectivity index (χ3n) is 3.64. The quantitative estimate of drug-likeness (QED) is 0.808. The van der Waals surface area contributed by atoms with Crippen LogP contribution >= 0.6 is 0 Å². The van der Waals surface area contributed by atoms with E-state index in [1.807, 2.05) is 36.5 Å². The fraction of sp³-hybridized carbons (Fsp3) is 0.467. The van der Waals surface area contributed by atoms with Gasteiger partial charge < -0.3 is 10.2 Å². The number of benzene rings is 1. The summed E-state index contributed by atoms with van der Waals surface area (Å²) >= 11 is 0. The zero-order chi connectivity index (χ0) is 13.6. The molecule has 1 saturated heterocycles. The normalized spacial score (nSPS) is 15.8. The summed E-state index contributed by atoms with van der Waals surface area (Å²) in [7, 11) is 0. The summed E-state index contributed by atoms with van der Waals surface area (Å²) in [6.07, 6.45) is 4.53. The van der Waals surface area contributed by atoms with Crippen LogP contribution in [0.3, 0.4) is 0 Å². The first kappa shape index (κ1) is 13.3. The van der Waals surface area contributed by atoms with Crippen molar-refractivity contribution in [3.05, 3.63) is 42.2 Å². The number of rotatable bonds is 6. The number of nitrogens with zero attached hydrogens (tertiary/aromatic N) is 4. The second-order valence-corrected chi connectivity index (χ2v) is 5.19. The molecule has 106 valence electrons. The zero-order valence-corrected chi connectivity index (χ0v) is 11.7. The lowest BCUT2D eigenvalue weighted by molar-refractivity contribution is 0.335. The number of hydrogen-bond acceptors (Lipinski definition) is 4. The molecule has 20 heavy (non-hydrogen) atoms. The highest BCUT2D eigenvalue weighted by Crippen LogP contribution is 2.06. The molecule has 5 heteroatoms. The van der Waals surface area contributed by atoms with E-state index >= 15 is 0 Å². The molecule has 0 saturated carbocycles. The Hall–Kier alpha value is -1.72. The molecule has 0 radical (unpaired) electrons. The number of hydrogen-bond donors (Lipinski definition) is 1. The Morgan fingerprint density at radius 1 is 1.10 bits per heavy atom. The number of para-hydroxylation sites is 1. The van der Waals surface area contributed by atoms with Crippen molar-refractivity contribution in [2.45, 2.75) is 19.4 Å². The maximum absolute atomic E-state index is 4.48. The van der Waals surface area contributed by atoms with Crippen molar-refractivity contribution in [3.63, 3.8) is 0 Å². The van der Waals surface area contributed by atoms with E-state index in [9.17, 15) is 0 Å². The fourth-order valence-corrected chi connectivity index (χ4v) is 2.52. The Morgan fingerprint density at radius 3 is 2.70 bits per heavy atom. The largest absolute Gasteiger partial charge is 0.310 e. The van der Waals surface area contributed by atoms with Crippen LogP contribution in [0.4, 0.5) is 0 Å². The highest BCUT2D eigenvalue weighted by Gasteiger charge is 2.10. The third kappa shape index (κ3) is 3.43. The van der Waals surface area contributed by atoms with Gasteiger partial charge >= 0.3 is 0 Å². The molecule has 2 aromatic rings. The molecule has 2 heterocycles. The lowest BCUT2D eigenvalue weighted by Gasteiger charge is -2.14. The van der Waals surface area contributed by atoms with Crippen LogP contribution in [0.1, 0.15) is 18.5 Å². The van der Waals surface area contributed by atoms with E-state index < -0.39 is 0 Å². The molecule has 0 aliphatic carbocycles. The molecule has 1 aliphatic rings. The van der Waals surface area contributed by atoms with Crippen LogP contribution in [0.5, 0.6) is 0 Å². The average Bonchev–Trinajstić information content (AvgIpc) is 3.16. The smallest absolute Gasteiger partial charge is 0.0969 e. The van der Waals surface area contributed by atoms with Gasteiger partial charge in [-0.3, -0.25) is 0 Å². The van der Waals surface area contributed by atoms with Crippen molar-refractivity contribution >= 4 is 0 Å². The minimum absolute atomic E-state index is 0.778. The van der Waals surface area contributed by atoms with Gasteiger partial charge in [0.25, 0.3) is 0 Å². The second kappa shape index (κ2) is 6.63. The van der Waals surface area contributed by atoms with Gasteiger partial charge in [0, 0.05) is 19.6 Å². The first-order chi connectivity index (χ1) is 9.92. The van der Waals surface area contributed by atoms with Gasteiger partial charge in [0.15, 0.2) is 0 Å². The van der Waals surface area contributed by atoms with Gasteiger partial charge in [0.2, 0.25) is 0 Å². The molecule has 3 rings (SSSR count). The minimum atomic E-state index is 0.778. The summed E-state index contributed by atoms with van der Waals surface area (Å²) in [5.74, 6) is 0. The second-order valence-electron chi connectivity index (χ2n) is 5.19. The topological polar surface area (TPSA) is 46.0 Å². The van der Waals surface area contributed by atoms with E-state index in [1.54, 1.807) is 4.80 Å². The van der Waals surface area contributed by atoms with Crippen molar-refractivity contribution in [2.24, 2.45) is 0 Å². The highest BCUT2D eigenvalue weighted by atomic mass is 15.5. The van der Waals surface area contributed by atoms with E-state index in [0.717, 1.165) is 31.0 Å². The Labute approximate surface area is 119 Å². The minimum Gasteiger partial charge on any atom is -0.310 e. The highest BCUT2D eigenvalue weighted by molar-refractivity contribution is 5.28. The van der Waals surface area contributed by atoms with Crippen LogP contribution in [0.2, 0.25) is 0 Å². The van der Waals surface area contributed by atoms with Crippen molar-refractivity contribution in [2.75, 3.05) is 26.2 Å². The predicted octanol–water partition coefficient (Wildman–Crippen LogP) is 1.45. The van der Waals surface area contributed by atoms with Crippen molar-refractivity contribution in [3.8, 4) is 5.69 Å². The molecule has 1 aromatic carbocycles. The lowest BCUT2D eigenvalue weighted by Crippen LogP contribution is -2.29. The van der Waals surface area contributed by atoms with Crippen molar-refractivity contribution in [1.29, 1.82) is 0 Å². The van der Waals surface area contributed by atoms with Crippen molar-refractivity contribution < 1.29 is 0 Å². The first-order valence-electron chi connectivity index (χ1n) is 7.31. The Morgan fingerprint density at radius 2 is 1.90 bits per heavy atom. The molecule has 1 aromatic heterocycles. The van der Waals surface area contributed by atoms with Gasteiger partial charge in [-0.05, 0) is 38.1 Å². The molecular weight excluding hydrogens is 250 g/mol. The molecule has 0 atom stereocenters. The maximum Gasteiger partial charge on any atom is 0.0969 e. The summed E-state index contributed by atoms with van der Waals surface area (Å²) in [5, 5.41) is 12.2. The van der Waals surface area contributed by atoms with Crippen LogP contribution in [-0.4, -0.2) is 46.1 Å². The predicted molar refractivity (Wildman–Crippen MR) is 78.7 cm³/mol. The van der Waals surface area contributed by atoms with E-state index in [1.165, 1.54) is 25.9 Å². The number of likely N-dealkylation sites (tertiary alicyclic amines) is 1. The summed E-state index contributed by atoms with van der Waals surface area (Å²) in [4.78, 5) is 4.19. The molecule has 0 spiro atoms. The monoisotopic (exact) mass is 271 g/mol. The SMILES string of the molecule is c1ccc(-n2ncc(CNCCN3CCCC3)n2)cc1. The van der Waals surface area contributed by atoms with Crippen LogP contribution in [0.25, 0.3) is 5.69 Å². The molecular formula is C15H21N5.